The average molecular weight is 302 g/mol. The number of hydrogen-bond acceptors (Lipinski definition) is 3. The molecule has 2 aromatic carbocycles. The second kappa shape index (κ2) is 5.39. The van der Waals surface area contributed by atoms with Gasteiger partial charge in [0, 0.05) is 6.04 Å². The van der Waals surface area contributed by atoms with Crippen LogP contribution in [0, 0.1) is 0 Å². The van der Waals surface area contributed by atoms with E-state index < -0.39 is 0 Å². The first-order chi connectivity index (χ1) is 10.1. The van der Waals surface area contributed by atoms with Gasteiger partial charge in [0.05, 0.1) is 22.1 Å². The van der Waals surface area contributed by atoms with Gasteiger partial charge >= 0.3 is 0 Å². The number of amides is 1. The number of fused-ring (bicyclic) bond motifs is 1. The number of carbonyl (C=O) groups is 1. The molecule has 0 aliphatic carbocycles. The number of nitrogens with two attached hydrogens (primary N) is 1. The Morgan fingerprint density at radius 3 is 2.71 bits per heavy atom. The molecule has 0 aromatic heterocycles. The molecule has 3 N–H and O–H groups in total. The molecular formula is C16H16ClN3O. The second-order valence-electron chi connectivity index (χ2n) is 5.15. The van der Waals surface area contributed by atoms with E-state index in [1.165, 1.54) is 0 Å². The van der Waals surface area contributed by atoms with Gasteiger partial charge in [0.25, 0.3) is 0 Å². The van der Waals surface area contributed by atoms with Gasteiger partial charge in [-0.15, -0.1) is 0 Å². The van der Waals surface area contributed by atoms with Crippen LogP contribution in [0.15, 0.2) is 42.5 Å². The lowest BCUT2D eigenvalue weighted by molar-refractivity contribution is -0.115. The largest absolute Gasteiger partial charge is 0.329 e. The van der Waals surface area contributed by atoms with Gasteiger partial charge in [0.1, 0.15) is 6.54 Å². The number of benzene rings is 2. The molecule has 5 heteroatoms. The molecule has 0 unspecified atom stereocenters. The molecule has 0 spiro atoms. The van der Waals surface area contributed by atoms with Crippen molar-refractivity contribution in [1.82, 2.24) is 0 Å². The van der Waals surface area contributed by atoms with Crippen molar-refractivity contribution in [2.45, 2.75) is 13.0 Å². The summed E-state index contributed by atoms with van der Waals surface area (Å²) >= 11 is 6.39. The first-order valence-electron chi connectivity index (χ1n) is 6.77. The van der Waals surface area contributed by atoms with E-state index in [9.17, 15) is 4.79 Å². The van der Waals surface area contributed by atoms with Gasteiger partial charge in [-0.3, -0.25) is 4.79 Å². The van der Waals surface area contributed by atoms with Crippen LogP contribution in [0.4, 0.5) is 17.1 Å². The van der Waals surface area contributed by atoms with Crippen LogP contribution in [-0.2, 0) is 4.79 Å². The summed E-state index contributed by atoms with van der Waals surface area (Å²) in [5, 5.41) is 3.46. The van der Waals surface area contributed by atoms with Gasteiger partial charge in [0.2, 0.25) is 5.91 Å². The highest BCUT2D eigenvalue weighted by atomic mass is 35.5. The molecule has 1 amide bonds. The molecule has 3 rings (SSSR count). The molecule has 0 saturated carbocycles. The summed E-state index contributed by atoms with van der Waals surface area (Å²) in [6, 6.07) is 13.3. The minimum absolute atomic E-state index is 0.0546. The predicted octanol–water partition coefficient (Wildman–Crippen LogP) is 3.45. The second-order valence-corrected chi connectivity index (χ2v) is 5.56. The highest BCUT2D eigenvalue weighted by Gasteiger charge is 2.24. The molecule has 0 radical (unpaired) electrons. The van der Waals surface area contributed by atoms with Crippen molar-refractivity contribution in [2.75, 3.05) is 16.8 Å². The Kier molecular flexibility index (Phi) is 3.57. The Bertz CT molecular complexity index is 700. The van der Waals surface area contributed by atoms with Crippen LogP contribution in [0.3, 0.4) is 0 Å². The summed E-state index contributed by atoms with van der Waals surface area (Å²) in [4.78, 5) is 13.8. The average Bonchev–Trinajstić information content (AvgIpc) is 2.46. The Balaban J connectivity index is 2.07. The summed E-state index contributed by atoms with van der Waals surface area (Å²) in [6.07, 6.45) is 0. The molecule has 1 aliphatic heterocycles. The Labute approximate surface area is 128 Å². The van der Waals surface area contributed by atoms with Crippen molar-refractivity contribution in [3.8, 4) is 0 Å². The van der Waals surface area contributed by atoms with Crippen LogP contribution in [0.2, 0.25) is 5.02 Å². The van der Waals surface area contributed by atoms with Gasteiger partial charge in [0.15, 0.2) is 0 Å². The zero-order valence-corrected chi connectivity index (χ0v) is 12.4. The smallest absolute Gasteiger partial charge is 0.244 e. The minimum Gasteiger partial charge on any atom is -0.329 e. The van der Waals surface area contributed by atoms with E-state index in [2.05, 4.69) is 5.32 Å². The molecular weight excluding hydrogens is 286 g/mol. The van der Waals surface area contributed by atoms with Crippen molar-refractivity contribution >= 4 is 34.6 Å². The lowest BCUT2D eigenvalue weighted by Crippen LogP contribution is -2.35. The van der Waals surface area contributed by atoms with Crippen LogP contribution in [0.25, 0.3) is 0 Å². The zero-order valence-electron chi connectivity index (χ0n) is 11.6. The number of anilines is 3. The maximum Gasteiger partial charge on any atom is 0.244 e. The van der Waals surface area contributed by atoms with Gasteiger partial charge < -0.3 is 16.0 Å². The number of hydrogen-bond donors (Lipinski definition) is 2. The molecule has 108 valence electrons. The SMILES string of the molecule is C[C@H](N)c1ccc(N2CC(=O)Nc3ccccc32)c(Cl)c1. The number of rotatable bonds is 2. The monoisotopic (exact) mass is 301 g/mol. The summed E-state index contributed by atoms with van der Waals surface area (Å²) in [5.41, 5.74) is 9.38. The Morgan fingerprint density at radius 2 is 2.00 bits per heavy atom. The maximum atomic E-state index is 11.9. The zero-order chi connectivity index (χ0) is 15.0. The molecule has 0 bridgehead atoms. The summed E-state index contributed by atoms with van der Waals surface area (Å²) in [5.74, 6) is -0.0546. The lowest BCUT2D eigenvalue weighted by Gasteiger charge is -2.31. The van der Waals surface area contributed by atoms with Gasteiger partial charge in [-0.05, 0) is 36.8 Å². The lowest BCUT2D eigenvalue weighted by atomic mass is 10.1. The van der Waals surface area contributed by atoms with E-state index in [0.717, 1.165) is 22.6 Å². The third-order valence-electron chi connectivity index (χ3n) is 3.56. The van der Waals surface area contributed by atoms with Crippen LogP contribution in [0.1, 0.15) is 18.5 Å². The van der Waals surface area contributed by atoms with E-state index in [-0.39, 0.29) is 18.5 Å². The third-order valence-corrected chi connectivity index (χ3v) is 3.86. The molecule has 1 heterocycles. The van der Waals surface area contributed by atoms with Crippen LogP contribution >= 0.6 is 11.6 Å². The van der Waals surface area contributed by atoms with Crippen molar-refractivity contribution in [2.24, 2.45) is 5.73 Å². The van der Waals surface area contributed by atoms with E-state index in [1.54, 1.807) is 0 Å². The number of halogens is 1. The summed E-state index contributed by atoms with van der Waals surface area (Å²) in [6.45, 7) is 2.16. The van der Waals surface area contributed by atoms with E-state index in [4.69, 9.17) is 17.3 Å². The number of nitrogens with zero attached hydrogens (tertiary/aromatic N) is 1. The Morgan fingerprint density at radius 1 is 1.24 bits per heavy atom. The first kappa shape index (κ1) is 13.9. The van der Waals surface area contributed by atoms with Crippen molar-refractivity contribution < 1.29 is 4.79 Å². The van der Waals surface area contributed by atoms with Gasteiger partial charge in [-0.25, -0.2) is 0 Å². The minimum atomic E-state index is -0.0755. The quantitative estimate of drug-likeness (QED) is 0.893. The van der Waals surface area contributed by atoms with Gasteiger partial charge in [-0.1, -0.05) is 29.8 Å². The molecule has 0 saturated heterocycles. The predicted molar refractivity (Wildman–Crippen MR) is 86.1 cm³/mol. The normalized spacial score (nSPS) is 15.4. The Hall–Kier alpha value is -2.04. The number of nitrogens with one attached hydrogen (secondary N) is 1. The third kappa shape index (κ3) is 2.60. The maximum absolute atomic E-state index is 11.9. The fraction of sp³-hybridized carbons (Fsp3) is 0.188. The number of para-hydroxylation sites is 2. The van der Waals surface area contributed by atoms with Crippen LogP contribution in [0.5, 0.6) is 0 Å². The topological polar surface area (TPSA) is 58.4 Å². The fourth-order valence-corrected chi connectivity index (χ4v) is 2.76. The van der Waals surface area contributed by atoms with Gasteiger partial charge in [-0.2, -0.15) is 0 Å². The molecule has 1 atom stereocenters. The van der Waals surface area contributed by atoms with E-state index >= 15 is 0 Å². The highest BCUT2D eigenvalue weighted by molar-refractivity contribution is 6.33. The van der Waals surface area contributed by atoms with Crippen molar-refractivity contribution in [1.29, 1.82) is 0 Å². The van der Waals surface area contributed by atoms with E-state index in [0.29, 0.717) is 5.02 Å². The first-order valence-corrected chi connectivity index (χ1v) is 7.15. The molecule has 2 aromatic rings. The van der Waals surface area contributed by atoms with Crippen molar-refractivity contribution in [3.05, 3.63) is 53.1 Å². The number of carbonyl (C=O) groups excluding carboxylic acids is 1. The van der Waals surface area contributed by atoms with Crippen LogP contribution < -0.4 is 16.0 Å². The molecule has 1 aliphatic rings. The van der Waals surface area contributed by atoms with Crippen LogP contribution in [-0.4, -0.2) is 12.5 Å². The summed E-state index contributed by atoms with van der Waals surface area (Å²) < 4.78 is 0. The standard InChI is InChI=1S/C16H16ClN3O/c1-10(18)11-6-7-14(12(17)8-11)20-9-16(21)19-13-4-2-3-5-15(13)20/h2-8,10H,9,18H2,1H3,(H,19,21)/t10-/m0/s1. The fourth-order valence-electron chi connectivity index (χ4n) is 2.47. The molecule has 21 heavy (non-hydrogen) atoms. The highest BCUT2D eigenvalue weighted by Crippen LogP contribution is 2.38. The molecule has 0 fully saturated rings. The van der Waals surface area contributed by atoms with Crippen molar-refractivity contribution in [3.63, 3.8) is 0 Å². The van der Waals surface area contributed by atoms with E-state index in [1.807, 2.05) is 54.3 Å². The molecule has 4 nitrogen and oxygen atoms in total. The summed E-state index contributed by atoms with van der Waals surface area (Å²) in [7, 11) is 0.